The Hall–Kier alpha value is -1.30. The highest BCUT2D eigenvalue weighted by molar-refractivity contribution is 6.31. The summed E-state index contributed by atoms with van der Waals surface area (Å²) in [4.78, 5) is 24.8. The van der Waals surface area contributed by atoms with Crippen LogP contribution >= 0.6 is 24.0 Å². The molecule has 0 saturated carbocycles. The maximum absolute atomic E-state index is 12.5. The van der Waals surface area contributed by atoms with E-state index < -0.39 is 0 Å². The van der Waals surface area contributed by atoms with Gasteiger partial charge in [0, 0.05) is 17.5 Å². The Labute approximate surface area is 167 Å². The van der Waals surface area contributed by atoms with Gasteiger partial charge in [0.2, 0.25) is 5.91 Å². The fourth-order valence-corrected chi connectivity index (χ4v) is 3.40. The summed E-state index contributed by atoms with van der Waals surface area (Å²) in [6.45, 7) is 7.95. The van der Waals surface area contributed by atoms with E-state index in [0.717, 1.165) is 25.9 Å². The molecule has 1 aromatic rings. The van der Waals surface area contributed by atoms with Gasteiger partial charge in [-0.2, -0.15) is 0 Å². The molecular weight excluding hydrogens is 373 g/mol. The fourth-order valence-electron chi connectivity index (χ4n) is 3.23. The monoisotopic (exact) mass is 401 g/mol. The van der Waals surface area contributed by atoms with Crippen LogP contribution < -0.4 is 16.0 Å². The average molecular weight is 402 g/mol. The first-order valence-electron chi connectivity index (χ1n) is 8.97. The highest BCUT2D eigenvalue weighted by Gasteiger charge is 2.23. The summed E-state index contributed by atoms with van der Waals surface area (Å²) in [5.41, 5.74) is 0.897. The van der Waals surface area contributed by atoms with Crippen molar-refractivity contribution in [3.63, 3.8) is 0 Å². The van der Waals surface area contributed by atoms with Crippen LogP contribution in [-0.4, -0.2) is 30.9 Å². The van der Waals surface area contributed by atoms with Crippen LogP contribution in [0.5, 0.6) is 0 Å². The van der Waals surface area contributed by atoms with Gasteiger partial charge in [-0.05, 0) is 69.8 Å². The topological polar surface area (TPSA) is 70.2 Å². The average Bonchev–Trinajstić information content (AvgIpc) is 2.54. The van der Waals surface area contributed by atoms with Crippen LogP contribution in [0, 0.1) is 11.8 Å². The molecule has 2 rings (SSSR count). The molecule has 1 heterocycles. The third-order valence-corrected chi connectivity index (χ3v) is 4.85. The van der Waals surface area contributed by atoms with Crippen molar-refractivity contribution >= 4 is 41.5 Å². The van der Waals surface area contributed by atoms with Crippen molar-refractivity contribution in [1.29, 1.82) is 0 Å². The number of amides is 2. The summed E-state index contributed by atoms with van der Waals surface area (Å²) >= 11 is 6.05. The second kappa shape index (κ2) is 10.8. The predicted octanol–water partition coefficient (Wildman–Crippen LogP) is 3.86. The zero-order chi connectivity index (χ0) is 18.4. The number of rotatable bonds is 6. The lowest BCUT2D eigenvalue weighted by atomic mass is 9.84. The highest BCUT2D eigenvalue weighted by atomic mass is 35.5. The van der Waals surface area contributed by atoms with Gasteiger partial charge < -0.3 is 16.0 Å². The Balaban J connectivity index is 0.00000338. The highest BCUT2D eigenvalue weighted by Crippen LogP contribution is 2.26. The van der Waals surface area contributed by atoms with E-state index in [0.29, 0.717) is 34.5 Å². The van der Waals surface area contributed by atoms with Crippen molar-refractivity contribution in [3.8, 4) is 0 Å². The van der Waals surface area contributed by atoms with Crippen molar-refractivity contribution in [1.82, 2.24) is 10.6 Å². The number of carbonyl (C=O) groups excluding carboxylic acids is 2. The molecule has 1 unspecified atom stereocenters. The van der Waals surface area contributed by atoms with Gasteiger partial charge in [-0.25, -0.2) is 0 Å². The Morgan fingerprint density at radius 1 is 1.23 bits per heavy atom. The number of hydrogen-bond acceptors (Lipinski definition) is 3. The fraction of sp³-hybridized carbons (Fsp3) is 0.579. The van der Waals surface area contributed by atoms with Crippen LogP contribution in [0.2, 0.25) is 5.02 Å². The third-order valence-electron chi connectivity index (χ3n) is 4.62. The number of carbonyl (C=O) groups is 2. The minimum absolute atomic E-state index is 0. The number of hydrogen-bond donors (Lipinski definition) is 3. The van der Waals surface area contributed by atoms with Gasteiger partial charge in [0.25, 0.3) is 5.91 Å². The normalized spacial score (nSPS) is 15.9. The lowest BCUT2D eigenvalue weighted by Gasteiger charge is -2.28. The van der Waals surface area contributed by atoms with Crippen molar-refractivity contribution in [2.75, 3.05) is 18.4 Å². The van der Waals surface area contributed by atoms with E-state index in [2.05, 4.69) is 22.9 Å². The molecule has 3 N–H and O–H groups in total. The smallest absolute Gasteiger partial charge is 0.253 e. The molecule has 1 aliphatic heterocycles. The minimum atomic E-state index is -0.214. The number of piperidine rings is 1. The molecule has 0 spiro atoms. The van der Waals surface area contributed by atoms with Gasteiger partial charge in [-0.3, -0.25) is 9.59 Å². The quantitative estimate of drug-likeness (QED) is 0.677. The summed E-state index contributed by atoms with van der Waals surface area (Å²) in [6, 6.07) is 4.95. The predicted molar refractivity (Wildman–Crippen MR) is 109 cm³/mol. The molecule has 26 heavy (non-hydrogen) atoms. The number of nitrogens with one attached hydrogen (secondary N) is 3. The Bertz CT molecular complexity index is 617. The van der Waals surface area contributed by atoms with Gasteiger partial charge >= 0.3 is 0 Å². The molecular formula is C19H29Cl2N3O2. The standard InChI is InChI=1S/C19H28ClN3O2.ClH/c1-12(2)22-19(25)16-5-4-15(20)11-17(16)23-18(24)10-13(3)14-6-8-21-9-7-14;/h4-5,11-14,21H,6-10H2,1-3H3,(H,22,25)(H,23,24);1H. The van der Waals surface area contributed by atoms with Crippen LogP contribution in [0.25, 0.3) is 0 Å². The van der Waals surface area contributed by atoms with E-state index in [9.17, 15) is 9.59 Å². The van der Waals surface area contributed by atoms with Crippen molar-refractivity contribution < 1.29 is 9.59 Å². The number of anilines is 1. The Kier molecular flexibility index (Phi) is 9.41. The molecule has 1 aliphatic rings. The zero-order valence-corrected chi connectivity index (χ0v) is 17.2. The summed E-state index contributed by atoms with van der Waals surface area (Å²) < 4.78 is 0. The van der Waals surface area contributed by atoms with E-state index in [1.165, 1.54) is 0 Å². The lowest BCUT2D eigenvalue weighted by molar-refractivity contribution is -0.117. The maximum atomic E-state index is 12.5. The van der Waals surface area contributed by atoms with E-state index in [4.69, 9.17) is 11.6 Å². The van der Waals surface area contributed by atoms with E-state index in [1.807, 2.05) is 13.8 Å². The van der Waals surface area contributed by atoms with Gasteiger partial charge in [0.05, 0.1) is 11.3 Å². The summed E-state index contributed by atoms with van der Waals surface area (Å²) in [5.74, 6) is 0.588. The number of halogens is 2. The molecule has 7 heteroatoms. The molecule has 5 nitrogen and oxygen atoms in total. The Morgan fingerprint density at radius 2 is 1.88 bits per heavy atom. The van der Waals surface area contributed by atoms with E-state index in [-0.39, 0.29) is 30.3 Å². The lowest BCUT2D eigenvalue weighted by Crippen LogP contribution is -2.32. The van der Waals surface area contributed by atoms with Gasteiger partial charge in [0.15, 0.2) is 0 Å². The van der Waals surface area contributed by atoms with Crippen LogP contribution in [-0.2, 0) is 4.79 Å². The minimum Gasteiger partial charge on any atom is -0.350 e. The van der Waals surface area contributed by atoms with Gasteiger partial charge in [-0.15, -0.1) is 12.4 Å². The van der Waals surface area contributed by atoms with Crippen LogP contribution in [0.4, 0.5) is 5.69 Å². The summed E-state index contributed by atoms with van der Waals surface area (Å²) in [6.07, 6.45) is 2.66. The van der Waals surface area contributed by atoms with Crippen LogP contribution in [0.15, 0.2) is 18.2 Å². The largest absolute Gasteiger partial charge is 0.350 e. The van der Waals surface area contributed by atoms with Crippen LogP contribution in [0.1, 0.15) is 50.4 Å². The van der Waals surface area contributed by atoms with Crippen molar-refractivity contribution in [2.24, 2.45) is 11.8 Å². The van der Waals surface area contributed by atoms with Crippen molar-refractivity contribution in [2.45, 2.75) is 46.1 Å². The molecule has 146 valence electrons. The molecule has 0 radical (unpaired) electrons. The molecule has 0 aromatic heterocycles. The SMILES string of the molecule is CC(C)NC(=O)c1ccc(Cl)cc1NC(=O)CC(C)C1CCNCC1.Cl. The molecule has 1 atom stereocenters. The molecule has 1 fully saturated rings. The van der Waals surface area contributed by atoms with Gasteiger partial charge in [0.1, 0.15) is 0 Å². The molecule has 0 bridgehead atoms. The summed E-state index contributed by atoms with van der Waals surface area (Å²) in [5, 5.41) is 9.55. The first kappa shape index (κ1) is 22.7. The first-order valence-corrected chi connectivity index (χ1v) is 9.35. The second-order valence-electron chi connectivity index (χ2n) is 7.14. The first-order chi connectivity index (χ1) is 11.9. The number of benzene rings is 1. The molecule has 1 aromatic carbocycles. The summed E-state index contributed by atoms with van der Waals surface area (Å²) in [7, 11) is 0. The van der Waals surface area contributed by atoms with E-state index in [1.54, 1.807) is 18.2 Å². The second-order valence-corrected chi connectivity index (χ2v) is 7.57. The van der Waals surface area contributed by atoms with E-state index >= 15 is 0 Å². The molecule has 2 amide bonds. The molecule has 0 aliphatic carbocycles. The Morgan fingerprint density at radius 3 is 2.50 bits per heavy atom. The maximum Gasteiger partial charge on any atom is 0.253 e. The van der Waals surface area contributed by atoms with Gasteiger partial charge in [-0.1, -0.05) is 18.5 Å². The zero-order valence-electron chi connectivity index (χ0n) is 15.6. The third kappa shape index (κ3) is 6.78. The van der Waals surface area contributed by atoms with Crippen molar-refractivity contribution in [3.05, 3.63) is 28.8 Å². The molecule has 1 saturated heterocycles. The van der Waals surface area contributed by atoms with Crippen LogP contribution in [0.3, 0.4) is 0 Å².